The number of likely N-dealkylation sites (N-methyl/N-ethyl adjacent to an activating group) is 1. The minimum absolute atomic E-state index is 0.170. The number of carbonyl (C=O) groups is 2. The van der Waals surface area contributed by atoms with Gasteiger partial charge in [-0.1, -0.05) is 32.6 Å². The third kappa shape index (κ3) is 6.61. The fourth-order valence-electron chi connectivity index (χ4n) is 3.91. The van der Waals surface area contributed by atoms with Crippen molar-refractivity contribution < 1.29 is 23.8 Å². The van der Waals surface area contributed by atoms with Gasteiger partial charge in [-0.2, -0.15) is 0 Å². The van der Waals surface area contributed by atoms with Crippen LogP contribution in [0.4, 0.5) is 4.39 Å². The van der Waals surface area contributed by atoms with Crippen LogP contribution in [0.5, 0.6) is 5.88 Å². The van der Waals surface area contributed by atoms with Crippen LogP contribution in [0.2, 0.25) is 0 Å². The van der Waals surface area contributed by atoms with Crippen LogP contribution >= 0.6 is 0 Å². The number of amides is 2. The normalized spacial score (nSPS) is 18.3. The van der Waals surface area contributed by atoms with Gasteiger partial charge in [0, 0.05) is 43.3 Å². The van der Waals surface area contributed by atoms with Gasteiger partial charge in [-0.15, -0.1) is 0 Å². The number of pyridine rings is 1. The zero-order valence-electron chi connectivity index (χ0n) is 21.5. The number of ether oxygens (including phenoxy) is 1. The van der Waals surface area contributed by atoms with E-state index >= 15 is 0 Å². The van der Waals surface area contributed by atoms with Gasteiger partial charge in [0.2, 0.25) is 5.88 Å². The number of fused-ring (bicyclic) bond motifs is 1. The number of benzene rings is 1. The van der Waals surface area contributed by atoms with Crippen molar-refractivity contribution >= 4 is 11.8 Å². The quantitative estimate of drug-likeness (QED) is 0.619. The third-order valence-electron chi connectivity index (χ3n) is 6.16. The van der Waals surface area contributed by atoms with E-state index in [2.05, 4.69) is 30.7 Å². The molecule has 0 unspecified atom stereocenters. The Morgan fingerprint density at radius 2 is 2.00 bits per heavy atom. The molecule has 2 amide bonds. The largest absolute Gasteiger partial charge is 0.472 e. The number of rotatable bonds is 6. The number of hydrogen-bond donors (Lipinski definition) is 1. The fraction of sp³-hybridized carbons (Fsp3) is 0.464. The van der Waals surface area contributed by atoms with Crippen LogP contribution in [-0.4, -0.2) is 70.6 Å². The summed E-state index contributed by atoms with van der Waals surface area (Å²) in [6, 6.07) is 6.64. The highest BCUT2D eigenvalue weighted by Gasteiger charge is 2.34. The van der Waals surface area contributed by atoms with E-state index in [1.807, 2.05) is 6.92 Å². The van der Waals surface area contributed by atoms with Gasteiger partial charge in [0.15, 0.2) is 0 Å². The number of hydrogen-bond acceptors (Lipinski definition) is 5. The van der Waals surface area contributed by atoms with Gasteiger partial charge in [-0.3, -0.25) is 9.59 Å². The summed E-state index contributed by atoms with van der Waals surface area (Å²) in [4.78, 5) is 33.9. The molecule has 0 radical (unpaired) electrons. The van der Waals surface area contributed by atoms with Crippen LogP contribution in [0, 0.1) is 29.5 Å². The Hall–Kier alpha value is -3.44. The van der Waals surface area contributed by atoms with Gasteiger partial charge in [-0.25, -0.2) is 9.37 Å². The molecule has 2 aromatic rings. The maximum Gasteiger partial charge on any atom is 0.259 e. The van der Waals surface area contributed by atoms with Crippen LogP contribution in [0.15, 0.2) is 36.5 Å². The molecule has 0 saturated carbocycles. The summed E-state index contributed by atoms with van der Waals surface area (Å²) in [6.45, 7) is 8.24. The van der Waals surface area contributed by atoms with Crippen LogP contribution in [0.3, 0.4) is 0 Å². The zero-order chi connectivity index (χ0) is 26.4. The molecule has 1 aliphatic rings. The average molecular weight is 496 g/mol. The van der Waals surface area contributed by atoms with Crippen molar-refractivity contribution in [1.29, 1.82) is 0 Å². The Balaban J connectivity index is 1.92. The summed E-state index contributed by atoms with van der Waals surface area (Å²) in [5.74, 6) is 5.63. The summed E-state index contributed by atoms with van der Waals surface area (Å²) >= 11 is 0. The molecular weight excluding hydrogens is 461 g/mol. The highest BCUT2D eigenvalue weighted by Crippen LogP contribution is 2.27. The van der Waals surface area contributed by atoms with Gasteiger partial charge in [-0.05, 0) is 43.2 Å². The van der Waals surface area contributed by atoms with Crippen molar-refractivity contribution in [2.75, 3.05) is 26.7 Å². The van der Waals surface area contributed by atoms with Crippen LogP contribution in [-0.2, 0) is 0 Å². The first kappa shape index (κ1) is 27.2. The molecule has 36 heavy (non-hydrogen) atoms. The molecule has 3 atom stereocenters. The lowest BCUT2D eigenvalue weighted by atomic mass is 9.99. The molecule has 3 rings (SSSR count). The molecule has 192 valence electrons. The van der Waals surface area contributed by atoms with Crippen LogP contribution in [0.1, 0.15) is 60.4 Å². The second-order valence-electron chi connectivity index (χ2n) is 9.79. The summed E-state index contributed by atoms with van der Waals surface area (Å²) in [7, 11) is 1.65. The van der Waals surface area contributed by atoms with E-state index in [0.717, 1.165) is 6.42 Å². The third-order valence-corrected chi connectivity index (χ3v) is 6.16. The van der Waals surface area contributed by atoms with Crippen molar-refractivity contribution in [3.63, 3.8) is 0 Å². The van der Waals surface area contributed by atoms with E-state index < -0.39 is 18.0 Å². The highest BCUT2D eigenvalue weighted by atomic mass is 19.1. The van der Waals surface area contributed by atoms with Crippen molar-refractivity contribution in [1.82, 2.24) is 14.8 Å². The Morgan fingerprint density at radius 3 is 2.64 bits per heavy atom. The smallest absolute Gasteiger partial charge is 0.259 e. The minimum atomic E-state index is -0.481. The lowest BCUT2D eigenvalue weighted by molar-refractivity contribution is 0.0313. The summed E-state index contributed by atoms with van der Waals surface area (Å²) in [5.41, 5.74) is 1.25. The number of halogens is 1. The first-order chi connectivity index (χ1) is 17.1. The topological polar surface area (TPSA) is 83.0 Å². The molecule has 1 N–H and O–H groups in total. The SMILES string of the molecule is CC(C)CC#Cc1cnc2c(c1)C(=O)N([C@@H](C)CO)C[C@H](C)[C@H](CN(C)C(=O)c1ccc(F)cc1)O2. The van der Waals surface area contributed by atoms with E-state index in [4.69, 9.17) is 4.74 Å². The van der Waals surface area contributed by atoms with Crippen molar-refractivity contribution in [3.05, 3.63) is 59.0 Å². The molecule has 1 aromatic heterocycles. The standard InChI is InChI=1S/C28H34FN3O4/c1-18(2)7-6-8-21-13-24-26(30-14-21)36-25(19(3)15-32(28(24)35)20(4)17-33)16-31(5)27(34)22-9-11-23(29)12-10-22/h9-14,18-20,25,33H,7,15-17H2,1-5H3/t19-,20-,25-/m0/s1. The van der Waals surface area contributed by atoms with E-state index in [-0.39, 0.29) is 42.3 Å². The number of aliphatic hydroxyl groups is 1. The number of aromatic nitrogens is 1. The molecule has 8 heteroatoms. The highest BCUT2D eigenvalue weighted by molar-refractivity contribution is 5.97. The monoisotopic (exact) mass is 495 g/mol. The first-order valence-electron chi connectivity index (χ1n) is 12.2. The van der Waals surface area contributed by atoms with Gasteiger partial charge in [0.25, 0.3) is 11.8 Å². The molecule has 2 heterocycles. The van der Waals surface area contributed by atoms with Crippen LogP contribution in [0.25, 0.3) is 0 Å². The molecule has 0 fully saturated rings. The van der Waals surface area contributed by atoms with E-state index in [0.29, 0.717) is 23.6 Å². The maximum absolute atomic E-state index is 13.5. The second kappa shape index (κ2) is 12.0. The maximum atomic E-state index is 13.5. The van der Waals surface area contributed by atoms with E-state index in [1.54, 1.807) is 31.1 Å². The summed E-state index contributed by atoms with van der Waals surface area (Å²) in [6.07, 6.45) is 1.82. The Labute approximate surface area is 212 Å². The van der Waals surface area contributed by atoms with Crippen molar-refractivity contribution in [2.45, 2.75) is 46.3 Å². The summed E-state index contributed by atoms with van der Waals surface area (Å²) < 4.78 is 19.5. The number of carbonyl (C=O) groups excluding carboxylic acids is 2. The Morgan fingerprint density at radius 1 is 1.31 bits per heavy atom. The Kier molecular flexibility index (Phi) is 9.05. The summed E-state index contributed by atoms with van der Waals surface area (Å²) in [5, 5.41) is 9.81. The first-order valence-corrected chi connectivity index (χ1v) is 12.2. The lowest BCUT2D eigenvalue weighted by Gasteiger charge is -2.37. The van der Waals surface area contributed by atoms with E-state index in [9.17, 15) is 19.1 Å². The van der Waals surface area contributed by atoms with Gasteiger partial charge >= 0.3 is 0 Å². The Bertz CT molecular complexity index is 1140. The number of aliphatic hydroxyl groups excluding tert-OH is 1. The molecule has 1 aliphatic heterocycles. The predicted molar refractivity (Wildman–Crippen MR) is 135 cm³/mol. The predicted octanol–water partition coefficient (Wildman–Crippen LogP) is 3.61. The fourth-order valence-corrected chi connectivity index (χ4v) is 3.91. The molecule has 0 bridgehead atoms. The van der Waals surface area contributed by atoms with Crippen molar-refractivity contribution in [3.8, 4) is 17.7 Å². The average Bonchev–Trinajstić information content (AvgIpc) is 2.85. The van der Waals surface area contributed by atoms with E-state index in [1.165, 1.54) is 29.2 Å². The molecule has 0 aliphatic carbocycles. The molecular formula is C28H34FN3O4. The number of nitrogens with zero attached hydrogens (tertiary/aromatic N) is 3. The molecule has 7 nitrogen and oxygen atoms in total. The molecule has 1 aromatic carbocycles. The van der Waals surface area contributed by atoms with Gasteiger partial charge in [0.1, 0.15) is 17.5 Å². The zero-order valence-corrected chi connectivity index (χ0v) is 21.5. The van der Waals surface area contributed by atoms with Crippen LogP contribution < -0.4 is 4.74 Å². The van der Waals surface area contributed by atoms with Gasteiger partial charge < -0.3 is 19.6 Å². The molecule has 0 saturated heterocycles. The lowest BCUT2D eigenvalue weighted by Crippen LogP contribution is -2.50. The minimum Gasteiger partial charge on any atom is -0.472 e. The van der Waals surface area contributed by atoms with Gasteiger partial charge in [0.05, 0.1) is 19.2 Å². The van der Waals surface area contributed by atoms with Crippen molar-refractivity contribution in [2.24, 2.45) is 11.8 Å². The molecule has 0 spiro atoms. The second-order valence-corrected chi connectivity index (χ2v) is 9.79.